The zero-order chi connectivity index (χ0) is 13.1. The fourth-order valence-electron chi connectivity index (χ4n) is 1.01. The quantitative estimate of drug-likeness (QED) is 0.626. The van der Waals surface area contributed by atoms with Crippen LogP contribution in [0.4, 0.5) is 20.2 Å². The van der Waals surface area contributed by atoms with Gasteiger partial charge in [0.25, 0.3) is 5.92 Å². The standard InChI is InChI=1S/C8H8ClF2N3O3/c9-5-1-12-2-6(14(16)17)7(5)13-3-8(10,11)4-15/h1-2,15H,3-4H2,(H,12,13). The monoisotopic (exact) mass is 267 g/mol. The molecule has 0 atom stereocenters. The molecular weight excluding hydrogens is 260 g/mol. The van der Waals surface area contributed by atoms with E-state index < -0.39 is 29.7 Å². The van der Waals surface area contributed by atoms with Crippen LogP contribution in [-0.4, -0.2) is 34.1 Å². The first-order chi connectivity index (χ1) is 7.87. The van der Waals surface area contributed by atoms with Crippen LogP contribution in [0.5, 0.6) is 0 Å². The summed E-state index contributed by atoms with van der Waals surface area (Å²) in [6, 6.07) is 0. The summed E-state index contributed by atoms with van der Waals surface area (Å²) >= 11 is 5.61. The summed E-state index contributed by atoms with van der Waals surface area (Å²) in [4.78, 5) is 13.3. The van der Waals surface area contributed by atoms with Gasteiger partial charge in [-0.25, -0.2) is 8.78 Å². The Morgan fingerprint density at radius 2 is 2.24 bits per heavy atom. The number of nitrogens with zero attached hydrogens (tertiary/aromatic N) is 2. The van der Waals surface area contributed by atoms with Gasteiger partial charge in [-0.1, -0.05) is 11.6 Å². The molecular formula is C8H8ClF2N3O3. The second-order valence-corrected chi connectivity index (χ2v) is 3.55. The van der Waals surface area contributed by atoms with Gasteiger partial charge in [0.2, 0.25) is 0 Å². The normalized spacial score (nSPS) is 11.3. The molecule has 0 saturated heterocycles. The third kappa shape index (κ3) is 3.46. The van der Waals surface area contributed by atoms with Crippen LogP contribution in [0.25, 0.3) is 0 Å². The number of alkyl halides is 2. The molecule has 0 saturated carbocycles. The van der Waals surface area contributed by atoms with Gasteiger partial charge in [-0.15, -0.1) is 0 Å². The van der Waals surface area contributed by atoms with Gasteiger partial charge < -0.3 is 10.4 Å². The molecule has 0 radical (unpaired) electrons. The molecule has 0 fully saturated rings. The summed E-state index contributed by atoms with van der Waals surface area (Å²) in [6.07, 6.45) is 1.99. The largest absolute Gasteiger partial charge is 0.390 e. The first-order valence-corrected chi connectivity index (χ1v) is 4.75. The first-order valence-electron chi connectivity index (χ1n) is 4.38. The number of anilines is 1. The summed E-state index contributed by atoms with van der Waals surface area (Å²) in [5.41, 5.74) is -0.758. The Hall–Kier alpha value is -1.54. The number of aliphatic hydroxyl groups excluding tert-OH is 1. The number of pyridine rings is 1. The van der Waals surface area contributed by atoms with Crippen LogP contribution in [0, 0.1) is 10.1 Å². The van der Waals surface area contributed by atoms with E-state index in [2.05, 4.69) is 10.3 Å². The van der Waals surface area contributed by atoms with E-state index in [0.29, 0.717) is 0 Å². The van der Waals surface area contributed by atoms with Gasteiger partial charge in [-0.2, -0.15) is 0 Å². The number of nitro groups is 1. The van der Waals surface area contributed by atoms with Crippen molar-refractivity contribution in [3.8, 4) is 0 Å². The fourth-order valence-corrected chi connectivity index (χ4v) is 1.23. The van der Waals surface area contributed by atoms with Crippen LogP contribution in [0.3, 0.4) is 0 Å². The minimum atomic E-state index is -3.39. The van der Waals surface area contributed by atoms with E-state index in [1.165, 1.54) is 0 Å². The molecule has 1 rings (SSSR count). The van der Waals surface area contributed by atoms with Crippen LogP contribution < -0.4 is 5.32 Å². The number of hydrogen-bond acceptors (Lipinski definition) is 5. The van der Waals surface area contributed by atoms with Gasteiger partial charge >= 0.3 is 5.69 Å². The molecule has 1 aromatic heterocycles. The first kappa shape index (κ1) is 13.5. The third-order valence-electron chi connectivity index (χ3n) is 1.83. The van der Waals surface area contributed by atoms with Crippen molar-refractivity contribution in [2.75, 3.05) is 18.5 Å². The second-order valence-electron chi connectivity index (χ2n) is 3.14. The van der Waals surface area contributed by atoms with E-state index in [1.807, 2.05) is 0 Å². The molecule has 17 heavy (non-hydrogen) atoms. The Morgan fingerprint density at radius 3 is 2.76 bits per heavy atom. The zero-order valence-corrected chi connectivity index (χ0v) is 9.12. The second kappa shape index (κ2) is 5.19. The van der Waals surface area contributed by atoms with E-state index in [0.717, 1.165) is 12.4 Å². The van der Waals surface area contributed by atoms with E-state index in [-0.39, 0.29) is 10.7 Å². The number of rotatable bonds is 5. The predicted molar refractivity (Wildman–Crippen MR) is 56.4 cm³/mol. The highest BCUT2D eigenvalue weighted by Gasteiger charge is 2.29. The predicted octanol–water partition coefficient (Wildman–Crippen LogP) is 1.68. The average molecular weight is 268 g/mol. The molecule has 1 aromatic rings. The van der Waals surface area contributed by atoms with Gasteiger partial charge in [0.1, 0.15) is 18.5 Å². The number of aromatic nitrogens is 1. The molecule has 6 nitrogen and oxygen atoms in total. The maximum absolute atomic E-state index is 12.8. The van der Waals surface area contributed by atoms with Crippen LogP contribution in [-0.2, 0) is 0 Å². The summed E-state index contributed by atoms with van der Waals surface area (Å²) in [5.74, 6) is -3.39. The average Bonchev–Trinajstić information content (AvgIpc) is 2.27. The highest BCUT2D eigenvalue weighted by Crippen LogP contribution is 2.31. The molecule has 0 spiro atoms. The summed E-state index contributed by atoms with van der Waals surface area (Å²) < 4.78 is 25.5. The van der Waals surface area contributed by atoms with E-state index in [9.17, 15) is 18.9 Å². The maximum Gasteiger partial charge on any atom is 0.311 e. The number of nitrogens with one attached hydrogen (secondary N) is 1. The lowest BCUT2D eigenvalue weighted by atomic mass is 10.3. The molecule has 0 unspecified atom stereocenters. The van der Waals surface area contributed by atoms with E-state index in [1.54, 1.807) is 0 Å². The molecule has 2 N–H and O–H groups in total. The van der Waals surface area contributed by atoms with Crippen LogP contribution in [0.2, 0.25) is 5.02 Å². The summed E-state index contributed by atoms with van der Waals surface area (Å²) in [6.45, 7) is -2.33. The number of aliphatic hydroxyl groups is 1. The third-order valence-corrected chi connectivity index (χ3v) is 2.12. The lowest BCUT2D eigenvalue weighted by molar-refractivity contribution is -0.384. The van der Waals surface area contributed by atoms with E-state index >= 15 is 0 Å². The Bertz CT molecular complexity index is 430. The van der Waals surface area contributed by atoms with Crippen molar-refractivity contribution < 1.29 is 18.8 Å². The Balaban J connectivity index is 2.94. The van der Waals surface area contributed by atoms with Crippen molar-refractivity contribution in [1.29, 1.82) is 0 Å². The van der Waals surface area contributed by atoms with Crippen molar-refractivity contribution in [3.05, 3.63) is 27.5 Å². The van der Waals surface area contributed by atoms with Gasteiger partial charge in [-0.05, 0) is 0 Å². The van der Waals surface area contributed by atoms with Gasteiger partial charge in [0.05, 0.1) is 16.5 Å². The van der Waals surface area contributed by atoms with Crippen LogP contribution in [0.1, 0.15) is 0 Å². The molecule has 0 bridgehead atoms. The van der Waals surface area contributed by atoms with E-state index in [4.69, 9.17) is 16.7 Å². The highest BCUT2D eigenvalue weighted by molar-refractivity contribution is 6.33. The number of halogens is 3. The molecule has 0 aromatic carbocycles. The SMILES string of the molecule is O=[N+]([O-])c1cncc(Cl)c1NCC(F)(F)CO. The topological polar surface area (TPSA) is 88.3 Å². The Kier molecular flexibility index (Phi) is 4.13. The van der Waals surface area contributed by atoms with Crippen molar-refractivity contribution in [2.24, 2.45) is 0 Å². The Morgan fingerprint density at radius 1 is 1.59 bits per heavy atom. The minimum absolute atomic E-state index is 0.145. The molecule has 94 valence electrons. The van der Waals surface area contributed by atoms with Gasteiger partial charge in [0.15, 0.2) is 0 Å². The summed E-state index contributed by atoms with van der Waals surface area (Å²) in [7, 11) is 0. The molecule has 9 heteroatoms. The highest BCUT2D eigenvalue weighted by atomic mass is 35.5. The molecule has 1 heterocycles. The Labute approximate surface area is 99.4 Å². The van der Waals surface area contributed by atoms with Gasteiger partial charge in [0, 0.05) is 6.20 Å². The molecule has 0 amide bonds. The summed E-state index contributed by atoms with van der Waals surface area (Å²) in [5, 5.41) is 20.9. The molecule has 0 aliphatic carbocycles. The van der Waals surface area contributed by atoms with Crippen LogP contribution in [0.15, 0.2) is 12.4 Å². The smallest absolute Gasteiger partial charge is 0.311 e. The fraction of sp³-hybridized carbons (Fsp3) is 0.375. The molecule has 0 aliphatic rings. The van der Waals surface area contributed by atoms with Crippen molar-refractivity contribution in [3.63, 3.8) is 0 Å². The van der Waals surface area contributed by atoms with Gasteiger partial charge in [-0.3, -0.25) is 15.1 Å². The zero-order valence-electron chi connectivity index (χ0n) is 8.36. The van der Waals surface area contributed by atoms with Crippen molar-refractivity contribution in [1.82, 2.24) is 4.98 Å². The van der Waals surface area contributed by atoms with Crippen molar-refractivity contribution >= 4 is 23.0 Å². The maximum atomic E-state index is 12.8. The molecule has 0 aliphatic heterocycles. The number of hydrogen-bond donors (Lipinski definition) is 2. The van der Waals surface area contributed by atoms with Crippen LogP contribution >= 0.6 is 11.6 Å². The van der Waals surface area contributed by atoms with Crippen molar-refractivity contribution in [2.45, 2.75) is 5.92 Å². The lowest BCUT2D eigenvalue weighted by Crippen LogP contribution is -2.31. The lowest BCUT2D eigenvalue weighted by Gasteiger charge is -2.15. The minimum Gasteiger partial charge on any atom is -0.390 e.